The fourth-order valence-electron chi connectivity index (χ4n) is 5.00. The van der Waals surface area contributed by atoms with E-state index in [1.807, 2.05) is 29.3 Å². The highest BCUT2D eigenvalue weighted by Gasteiger charge is 2.29. The molecule has 158 valence electrons. The van der Waals surface area contributed by atoms with Crippen LogP contribution in [0.1, 0.15) is 35.3 Å². The van der Waals surface area contributed by atoms with E-state index in [1.54, 1.807) is 18.6 Å². The molecule has 0 radical (unpaired) electrons. The number of rotatable bonds is 4. The molecule has 1 aliphatic heterocycles. The second-order valence-corrected chi connectivity index (χ2v) is 9.76. The zero-order chi connectivity index (χ0) is 20.8. The van der Waals surface area contributed by atoms with Gasteiger partial charge in [-0.3, -0.25) is 9.67 Å². The maximum Gasteiger partial charge on any atom is 0.183 e. The van der Waals surface area contributed by atoms with E-state index in [4.69, 9.17) is 9.97 Å². The van der Waals surface area contributed by atoms with Gasteiger partial charge in [0.15, 0.2) is 5.82 Å². The van der Waals surface area contributed by atoms with Crippen LogP contribution in [0.25, 0.3) is 21.7 Å². The molecule has 4 aromatic heterocycles. The van der Waals surface area contributed by atoms with Gasteiger partial charge in [-0.15, -0.1) is 11.3 Å². The van der Waals surface area contributed by atoms with Gasteiger partial charge in [0.05, 0.1) is 17.8 Å². The highest BCUT2D eigenvalue weighted by atomic mass is 32.1. The minimum Gasteiger partial charge on any atom is -0.356 e. The maximum atomic E-state index is 5.08. The van der Waals surface area contributed by atoms with E-state index in [9.17, 15) is 0 Å². The summed E-state index contributed by atoms with van der Waals surface area (Å²) >= 11 is 1.85. The third-order valence-corrected chi connectivity index (χ3v) is 7.64. The Bertz CT molecular complexity index is 1230. The average Bonchev–Trinajstić information content (AvgIpc) is 3.52. The molecule has 1 saturated heterocycles. The first kappa shape index (κ1) is 18.9. The van der Waals surface area contributed by atoms with Gasteiger partial charge in [0.2, 0.25) is 0 Å². The number of hydrogen-bond donors (Lipinski definition) is 0. The van der Waals surface area contributed by atoms with Gasteiger partial charge < -0.3 is 4.90 Å². The van der Waals surface area contributed by atoms with Crippen LogP contribution >= 0.6 is 11.3 Å². The van der Waals surface area contributed by atoms with E-state index in [2.05, 4.69) is 26.2 Å². The summed E-state index contributed by atoms with van der Waals surface area (Å²) in [5, 5.41) is 5.62. The van der Waals surface area contributed by atoms with Crippen molar-refractivity contribution in [3.05, 3.63) is 47.0 Å². The van der Waals surface area contributed by atoms with E-state index in [0.29, 0.717) is 11.7 Å². The fraction of sp³-hybridized carbons (Fsp3) is 0.435. The number of nitrogens with zero attached hydrogens (tertiary/aromatic N) is 7. The van der Waals surface area contributed by atoms with Gasteiger partial charge in [0.25, 0.3) is 0 Å². The molecule has 1 atom stereocenters. The van der Waals surface area contributed by atoms with Crippen molar-refractivity contribution in [2.24, 2.45) is 13.0 Å². The van der Waals surface area contributed by atoms with Crippen molar-refractivity contribution >= 4 is 27.4 Å². The van der Waals surface area contributed by atoms with Crippen molar-refractivity contribution in [3.8, 4) is 11.5 Å². The summed E-state index contributed by atoms with van der Waals surface area (Å²) in [7, 11) is 1.98. The molecule has 0 amide bonds. The maximum absolute atomic E-state index is 5.08. The van der Waals surface area contributed by atoms with E-state index in [-0.39, 0.29) is 0 Å². The van der Waals surface area contributed by atoms with Crippen LogP contribution in [0.15, 0.2) is 31.0 Å². The number of aromatic nitrogens is 6. The van der Waals surface area contributed by atoms with Crippen molar-refractivity contribution in [1.82, 2.24) is 29.7 Å². The minimum absolute atomic E-state index is 0.614. The van der Waals surface area contributed by atoms with Crippen molar-refractivity contribution in [1.29, 1.82) is 0 Å². The van der Waals surface area contributed by atoms with Crippen LogP contribution in [0.2, 0.25) is 0 Å². The van der Waals surface area contributed by atoms with Crippen LogP contribution in [-0.2, 0) is 26.3 Å². The molecule has 1 unspecified atom stereocenters. The average molecular weight is 432 g/mol. The van der Waals surface area contributed by atoms with Crippen molar-refractivity contribution in [3.63, 3.8) is 0 Å². The number of thiophene rings is 1. The lowest BCUT2D eigenvalue weighted by Gasteiger charge is -2.21. The van der Waals surface area contributed by atoms with Crippen LogP contribution in [-0.4, -0.2) is 42.8 Å². The predicted octanol–water partition coefficient (Wildman–Crippen LogP) is 3.83. The van der Waals surface area contributed by atoms with Crippen molar-refractivity contribution < 1.29 is 0 Å². The standard InChI is InChI=1S/C23H25N7S/c1-29-13-16(11-26-29)10-15-6-9-30(14-15)22-20-17-4-2-3-5-19(17)31-23(20)28-21(27-22)18-12-24-7-8-25-18/h7-8,11-13,15H,2-6,9-10,14H2,1H3. The zero-order valence-corrected chi connectivity index (χ0v) is 18.5. The molecule has 2 aliphatic rings. The second kappa shape index (κ2) is 7.67. The zero-order valence-electron chi connectivity index (χ0n) is 17.7. The Hall–Kier alpha value is -2.87. The van der Waals surface area contributed by atoms with Crippen LogP contribution < -0.4 is 4.90 Å². The lowest BCUT2D eigenvalue weighted by Crippen LogP contribution is -2.22. The quantitative estimate of drug-likeness (QED) is 0.489. The number of anilines is 1. The monoisotopic (exact) mass is 431 g/mol. The van der Waals surface area contributed by atoms with Crippen LogP contribution in [0.4, 0.5) is 5.82 Å². The molecule has 0 saturated carbocycles. The van der Waals surface area contributed by atoms with Gasteiger partial charge in [0.1, 0.15) is 16.3 Å². The van der Waals surface area contributed by atoms with Gasteiger partial charge in [0, 0.05) is 43.6 Å². The first-order valence-electron chi connectivity index (χ1n) is 11.1. The molecule has 0 spiro atoms. The highest BCUT2D eigenvalue weighted by molar-refractivity contribution is 7.19. The third kappa shape index (κ3) is 3.48. The second-order valence-electron chi connectivity index (χ2n) is 8.68. The Balaban J connectivity index is 1.40. The van der Waals surface area contributed by atoms with Gasteiger partial charge in [-0.25, -0.2) is 15.0 Å². The Morgan fingerprint density at radius 2 is 2.06 bits per heavy atom. The van der Waals surface area contributed by atoms with Gasteiger partial charge in [-0.1, -0.05) is 0 Å². The largest absolute Gasteiger partial charge is 0.356 e. The summed E-state index contributed by atoms with van der Waals surface area (Å²) in [6, 6.07) is 0. The Morgan fingerprint density at radius 3 is 2.90 bits per heavy atom. The normalized spacial score (nSPS) is 18.6. The number of aryl methyl sites for hydroxylation is 3. The number of hydrogen-bond acceptors (Lipinski definition) is 7. The van der Waals surface area contributed by atoms with Crippen LogP contribution in [0.3, 0.4) is 0 Å². The summed E-state index contributed by atoms with van der Waals surface area (Å²) in [4.78, 5) is 23.8. The molecule has 0 aromatic carbocycles. The summed E-state index contributed by atoms with van der Waals surface area (Å²) < 4.78 is 1.89. The molecule has 1 fully saturated rings. The SMILES string of the molecule is Cn1cc(CC2CCN(c3nc(-c4cnccn4)nc4sc5c(c34)CCCC5)C2)cn1. The smallest absolute Gasteiger partial charge is 0.183 e. The fourth-order valence-corrected chi connectivity index (χ4v) is 6.25. The molecule has 31 heavy (non-hydrogen) atoms. The molecule has 0 N–H and O–H groups in total. The highest BCUT2D eigenvalue weighted by Crippen LogP contribution is 2.41. The predicted molar refractivity (Wildman–Crippen MR) is 122 cm³/mol. The molecular formula is C23H25N7S. The van der Waals surface area contributed by atoms with Crippen LogP contribution in [0.5, 0.6) is 0 Å². The summed E-state index contributed by atoms with van der Waals surface area (Å²) in [6.45, 7) is 2.05. The minimum atomic E-state index is 0.614. The summed E-state index contributed by atoms with van der Waals surface area (Å²) in [5.41, 5.74) is 3.54. The van der Waals surface area contributed by atoms with Gasteiger partial charge >= 0.3 is 0 Å². The van der Waals surface area contributed by atoms with E-state index in [0.717, 1.165) is 42.3 Å². The molecule has 0 bridgehead atoms. The van der Waals surface area contributed by atoms with Crippen molar-refractivity contribution in [2.45, 2.75) is 38.5 Å². The lowest BCUT2D eigenvalue weighted by molar-refractivity contribution is 0.586. The molecule has 7 nitrogen and oxygen atoms in total. The molecule has 8 heteroatoms. The number of fused-ring (bicyclic) bond motifs is 3. The Kier molecular flexibility index (Phi) is 4.67. The summed E-state index contributed by atoms with van der Waals surface area (Å²) in [6.07, 6.45) is 16.4. The van der Waals surface area contributed by atoms with E-state index in [1.165, 1.54) is 47.1 Å². The lowest BCUT2D eigenvalue weighted by atomic mass is 9.97. The first-order valence-corrected chi connectivity index (χ1v) is 11.9. The molecular weight excluding hydrogens is 406 g/mol. The summed E-state index contributed by atoms with van der Waals surface area (Å²) in [5.74, 6) is 2.40. The first-order chi connectivity index (χ1) is 15.2. The van der Waals surface area contributed by atoms with E-state index >= 15 is 0 Å². The van der Waals surface area contributed by atoms with Crippen LogP contribution in [0, 0.1) is 5.92 Å². The Labute approximate surface area is 185 Å². The Morgan fingerprint density at radius 1 is 1.13 bits per heavy atom. The van der Waals surface area contributed by atoms with Gasteiger partial charge in [-0.05, 0) is 55.6 Å². The molecule has 5 heterocycles. The van der Waals surface area contributed by atoms with Crippen molar-refractivity contribution in [2.75, 3.05) is 18.0 Å². The molecule has 6 rings (SSSR count). The third-order valence-electron chi connectivity index (χ3n) is 6.46. The van der Waals surface area contributed by atoms with Gasteiger partial charge in [-0.2, -0.15) is 5.10 Å². The molecule has 1 aliphatic carbocycles. The van der Waals surface area contributed by atoms with E-state index < -0.39 is 0 Å². The molecule has 4 aromatic rings. The topological polar surface area (TPSA) is 72.6 Å².